The molecule has 0 rings (SSSR count). The van der Waals surface area contributed by atoms with Crippen LogP contribution in [0.15, 0.2) is 0 Å². The van der Waals surface area contributed by atoms with Gasteiger partial charge in [-0.2, -0.15) is 8.42 Å². The number of hydrogen-bond donors (Lipinski definition) is 0. The third-order valence-corrected chi connectivity index (χ3v) is 2.58. The maximum atomic E-state index is 10.1. The van der Waals surface area contributed by atoms with Gasteiger partial charge >= 0.3 is 0 Å². The molecule has 3 nitrogen and oxygen atoms in total. The van der Waals surface area contributed by atoms with Crippen LogP contribution in [0.2, 0.25) is 0 Å². The predicted molar refractivity (Wildman–Crippen MR) is 48.3 cm³/mol. The summed E-state index contributed by atoms with van der Waals surface area (Å²) in [7, 11) is -3.99. The van der Waals surface area contributed by atoms with Crippen LogP contribution in [0.1, 0.15) is 32.1 Å². The molecule has 0 aromatic carbocycles. The highest BCUT2D eigenvalue weighted by atomic mass is 35.5. The molecule has 0 spiro atoms. The number of alkyl halides is 1. The van der Waals surface area contributed by atoms with Crippen LogP contribution in [0.4, 0.5) is 0 Å². The average Bonchev–Trinajstić information content (AvgIpc) is 1.94. The van der Waals surface area contributed by atoms with Crippen LogP contribution in [0.25, 0.3) is 0 Å². The number of hydrogen-bond acceptors (Lipinski definition) is 2. The number of unbranched alkanes of at least 4 members (excludes halogenated alkanes) is 4. The summed E-state index contributed by atoms with van der Waals surface area (Å²) >= 11 is 5.44. The van der Waals surface area contributed by atoms with Crippen molar-refractivity contribution in [1.82, 2.24) is 0 Å². The Balaban J connectivity index is 3.12. The zero-order valence-electron chi connectivity index (χ0n) is 6.96. The van der Waals surface area contributed by atoms with Crippen LogP contribution < -0.4 is 0 Å². The van der Waals surface area contributed by atoms with Gasteiger partial charge < -0.3 is 0 Å². The Labute approximate surface area is 78.9 Å². The molecule has 0 N–H and O–H groups in total. The molecule has 0 saturated carbocycles. The first kappa shape index (κ1) is 12.2. The monoisotopic (exact) mass is 213 g/mol. The molecule has 73 valence electrons. The second-order valence-electron chi connectivity index (χ2n) is 2.72. The Morgan fingerprint density at radius 3 is 1.92 bits per heavy atom. The lowest BCUT2D eigenvalue weighted by Crippen LogP contribution is -2.01. The molecule has 0 aliphatic rings. The van der Waals surface area contributed by atoms with E-state index in [9.17, 15) is 13.0 Å². The van der Waals surface area contributed by atoms with Gasteiger partial charge in [0.25, 0.3) is 10.1 Å². The molecule has 0 saturated heterocycles. The molecule has 0 heterocycles. The van der Waals surface area contributed by atoms with Crippen molar-refractivity contribution in [3.63, 3.8) is 0 Å². The van der Waals surface area contributed by atoms with Gasteiger partial charge in [0.2, 0.25) is 0 Å². The molecule has 0 atom stereocenters. The summed E-state index contributed by atoms with van der Waals surface area (Å²) in [5.41, 5.74) is 0. The fourth-order valence-corrected chi connectivity index (χ4v) is 1.65. The van der Waals surface area contributed by atoms with Crippen molar-refractivity contribution in [1.29, 1.82) is 0 Å². The Morgan fingerprint density at radius 1 is 0.917 bits per heavy atom. The fraction of sp³-hybridized carbons (Fsp3) is 1.00. The Hall–Kier alpha value is 0.200. The Bertz CT molecular complexity index is 189. The second-order valence-corrected chi connectivity index (χ2v) is 4.62. The van der Waals surface area contributed by atoms with Crippen LogP contribution in [0.5, 0.6) is 0 Å². The predicted octanol–water partition coefficient (Wildman–Crippen LogP) is 1.94. The standard InChI is InChI=1S/C7H14ClO3S/c8-6-4-2-1-3-5-7-12(9,10)11/h1-7H2. The zero-order valence-corrected chi connectivity index (χ0v) is 8.53. The average molecular weight is 214 g/mol. The van der Waals surface area contributed by atoms with Crippen molar-refractivity contribution >= 4 is 21.7 Å². The molecule has 0 aromatic heterocycles. The van der Waals surface area contributed by atoms with Gasteiger partial charge in [-0.25, -0.2) is 0 Å². The lowest BCUT2D eigenvalue weighted by Gasteiger charge is -1.97. The summed E-state index contributed by atoms with van der Waals surface area (Å²) in [6.07, 6.45) is 4.23. The van der Waals surface area contributed by atoms with E-state index in [4.69, 9.17) is 11.6 Å². The van der Waals surface area contributed by atoms with Gasteiger partial charge in [0, 0.05) is 5.88 Å². The minimum Gasteiger partial charge on any atom is -0.197 e. The van der Waals surface area contributed by atoms with Crippen molar-refractivity contribution in [3.05, 3.63) is 0 Å². The van der Waals surface area contributed by atoms with Gasteiger partial charge in [-0.15, -0.1) is 11.6 Å². The summed E-state index contributed by atoms with van der Waals surface area (Å²) in [5.74, 6) is 0.424. The highest BCUT2D eigenvalue weighted by Gasteiger charge is 2.04. The summed E-state index contributed by atoms with van der Waals surface area (Å²) in [6.45, 7) is 0. The lowest BCUT2D eigenvalue weighted by molar-refractivity contribution is 0.412. The first-order valence-corrected chi connectivity index (χ1v) is 6.17. The summed E-state index contributed by atoms with van der Waals surface area (Å²) in [4.78, 5) is 0. The van der Waals surface area contributed by atoms with E-state index in [1.54, 1.807) is 0 Å². The maximum absolute atomic E-state index is 10.1. The minimum absolute atomic E-state index is 0.228. The molecular formula is C7H14ClO3S. The summed E-state index contributed by atoms with van der Waals surface area (Å²) in [5, 5.41) is 0. The molecule has 0 aliphatic carbocycles. The Kier molecular flexibility index (Phi) is 6.80. The Morgan fingerprint density at radius 2 is 1.42 bits per heavy atom. The molecule has 0 unspecified atom stereocenters. The van der Waals surface area contributed by atoms with E-state index in [0.29, 0.717) is 12.3 Å². The van der Waals surface area contributed by atoms with E-state index >= 15 is 0 Å². The van der Waals surface area contributed by atoms with Crippen LogP contribution in [0.3, 0.4) is 0 Å². The molecule has 0 fully saturated rings. The van der Waals surface area contributed by atoms with E-state index in [2.05, 4.69) is 0 Å². The van der Waals surface area contributed by atoms with E-state index < -0.39 is 10.1 Å². The van der Waals surface area contributed by atoms with Gasteiger partial charge in [0.1, 0.15) is 0 Å². The number of rotatable bonds is 7. The van der Waals surface area contributed by atoms with Gasteiger partial charge in [0.05, 0.1) is 5.75 Å². The van der Waals surface area contributed by atoms with Crippen LogP contribution >= 0.6 is 11.6 Å². The molecule has 1 radical (unpaired) electrons. The molecule has 0 amide bonds. The molecule has 0 aromatic rings. The van der Waals surface area contributed by atoms with Gasteiger partial charge in [-0.05, 0) is 12.8 Å². The first-order chi connectivity index (χ1) is 5.56. The van der Waals surface area contributed by atoms with Crippen molar-refractivity contribution in [3.8, 4) is 0 Å². The zero-order chi connectivity index (χ0) is 9.45. The largest absolute Gasteiger partial charge is 0.294 e. The molecule has 0 bridgehead atoms. The van der Waals surface area contributed by atoms with Crippen LogP contribution in [-0.4, -0.2) is 20.1 Å². The summed E-state index contributed by atoms with van der Waals surface area (Å²) < 4.78 is 30.4. The smallest absolute Gasteiger partial charge is 0.197 e. The lowest BCUT2D eigenvalue weighted by atomic mass is 10.2. The van der Waals surface area contributed by atoms with Crippen molar-refractivity contribution in [2.24, 2.45) is 0 Å². The van der Waals surface area contributed by atoms with Crippen molar-refractivity contribution in [2.75, 3.05) is 11.6 Å². The van der Waals surface area contributed by atoms with Crippen LogP contribution in [0, 0.1) is 0 Å². The molecule has 12 heavy (non-hydrogen) atoms. The van der Waals surface area contributed by atoms with E-state index in [-0.39, 0.29) is 5.75 Å². The van der Waals surface area contributed by atoms with Crippen molar-refractivity contribution < 1.29 is 13.0 Å². The number of halogens is 1. The quantitative estimate of drug-likeness (QED) is 0.479. The highest BCUT2D eigenvalue weighted by Crippen LogP contribution is 2.04. The van der Waals surface area contributed by atoms with Crippen molar-refractivity contribution in [2.45, 2.75) is 32.1 Å². The SMILES string of the molecule is [O]S(=O)(=O)CCCCCCCCl. The van der Waals surface area contributed by atoms with E-state index in [1.165, 1.54) is 0 Å². The third-order valence-electron chi connectivity index (χ3n) is 1.53. The molecular weight excluding hydrogens is 200 g/mol. The highest BCUT2D eigenvalue weighted by molar-refractivity contribution is 7.85. The van der Waals surface area contributed by atoms with Crippen LogP contribution in [-0.2, 0) is 14.7 Å². The topological polar surface area (TPSA) is 54.0 Å². The van der Waals surface area contributed by atoms with Gasteiger partial charge in [0.15, 0.2) is 0 Å². The third kappa shape index (κ3) is 10.2. The second kappa shape index (κ2) is 6.69. The molecule has 0 aliphatic heterocycles. The fourth-order valence-electron chi connectivity index (χ4n) is 0.904. The maximum Gasteiger partial charge on any atom is 0.294 e. The minimum atomic E-state index is -3.99. The van der Waals surface area contributed by atoms with Gasteiger partial charge in [-0.3, -0.25) is 0 Å². The molecule has 5 heteroatoms. The van der Waals surface area contributed by atoms with Gasteiger partial charge in [-0.1, -0.05) is 23.8 Å². The van der Waals surface area contributed by atoms with E-state index in [1.807, 2.05) is 0 Å². The normalized spacial score (nSPS) is 11.8. The first-order valence-electron chi connectivity index (χ1n) is 4.06. The summed E-state index contributed by atoms with van der Waals surface area (Å²) in [6, 6.07) is 0. The van der Waals surface area contributed by atoms with E-state index in [0.717, 1.165) is 25.7 Å².